The summed E-state index contributed by atoms with van der Waals surface area (Å²) >= 11 is 6.40. The molecule has 112 valence electrons. The minimum absolute atomic E-state index is 0.161. The molecule has 3 heteroatoms. The van der Waals surface area contributed by atoms with Gasteiger partial charge in [0.2, 0.25) is 0 Å². The number of aryl methyl sites for hydroxylation is 2. The van der Waals surface area contributed by atoms with Gasteiger partial charge in [-0.1, -0.05) is 41.4 Å². The van der Waals surface area contributed by atoms with Crippen molar-refractivity contribution in [2.24, 2.45) is 0 Å². The van der Waals surface area contributed by atoms with E-state index in [1.165, 1.54) is 16.7 Å². The third-order valence-electron chi connectivity index (χ3n) is 3.74. The summed E-state index contributed by atoms with van der Waals surface area (Å²) in [6, 6.07) is 12.6. The van der Waals surface area contributed by atoms with E-state index in [4.69, 9.17) is 16.3 Å². The predicted octanol–water partition coefficient (Wildman–Crippen LogP) is 4.47. The Hall–Kier alpha value is -1.51. The Morgan fingerprint density at radius 2 is 1.76 bits per heavy atom. The summed E-state index contributed by atoms with van der Waals surface area (Å²) in [5.74, 6) is 0.920. The molecule has 0 saturated carbocycles. The number of benzene rings is 2. The summed E-state index contributed by atoms with van der Waals surface area (Å²) in [6.07, 6.45) is 0.837. The number of likely N-dealkylation sites (N-methyl/N-ethyl adjacent to an activating group) is 1. The van der Waals surface area contributed by atoms with Crippen LogP contribution in [0.2, 0.25) is 5.02 Å². The highest BCUT2D eigenvalue weighted by Gasteiger charge is 2.16. The van der Waals surface area contributed by atoms with Gasteiger partial charge in [-0.25, -0.2) is 0 Å². The van der Waals surface area contributed by atoms with Crippen LogP contribution >= 0.6 is 11.6 Å². The van der Waals surface area contributed by atoms with E-state index in [2.05, 4.69) is 36.5 Å². The highest BCUT2D eigenvalue weighted by atomic mass is 35.5. The SMILES string of the molecule is CNC(Cc1cc(C)ccc1OC)c1ccc(C)cc1Cl. The number of methoxy groups -OCH3 is 1. The van der Waals surface area contributed by atoms with Gasteiger partial charge in [0.1, 0.15) is 5.75 Å². The third-order valence-corrected chi connectivity index (χ3v) is 4.07. The van der Waals surface area contributed by atoms with Crippen LogP contribution in [0.4, 0.5) is 0 Å². The van der Waals surface area contributed by atoms with E-state index in [0.29, 0.717) is 0 Å². The van der Waals surface area contributed by atoms with Crippen LogP contribution < -0.4 is 10.1 Å². The highest BCUT2D eigenvalue weighted by Crippen LogP contribution is 2.30. The molecule has 0 amide bonds. The Morgan fingerprint density at radius 3 is 2.38 bits per heavy atom. The van der Waals surface area contributed by atoms with E-state index in [1.807, 2.05) is 26.1 Å². The third kappa shape index (κ3) is 3.78. The van der Waals surface area contributed by atoms with Gasteiger partial charge in [0, 0.05) is 11.1 Å². The average Bonchev–Trinajstić information content (AvgIpc) is 2.45. The number of hydrogen-bond donors (Lipinski definition) is 1. The number of ether oxygens (including phenoxy) is 1. The van der Waals surface area contributed by atoms with Gasteiger partial charge in [0.15, 0.2) is 0 Å². The predicted molar refractivity (Wildman–Crippen MR) is 89.4 cm³/mol. The Labute approximate surface area is 132 Å². The Morgan fingerprint density at radius 1 is 1.10 bits per heavy atom. The van der Waals surface area contributed by atoms with Gasteiger partial charge in [-0.05, 0) is 56.1 Å². The maximum atomic E-state index is 6.40. The van der Waals surface area contributed by atoms with Crippen LogP contribution in [0.3, 0.4) is 0 Å². The molecular weight excluding hydrogens is 282 g/mol. The van der Waals surface area contributed by atoms with Gasteiger partial charge in [0.25, 0.3) is 0 Å². The summed E-state index contributed by atoms with van der Waals surface area (Å²) in [7, 11) is 3.67. The second-order valence-corrected chi connectivity index (χ2v) is 5.79. The lowest BCUT2D eigenvalue weighted by Gasteiger charge is -2.20. The molecule has 0 bridgehead atoms. The fourth-order valence-corrected chi connectivity index (χ4v) is 2.94. The number of hydrogen-bond acceptors (Lipinski definition) is 2. The molecule has 0 aliphatic carbocycles. The van der Waals surface area contributed by atoms with Crippen LogP contribution in [0.25, 0.3) is 0 Å². The Kier molecular flexibility index (Phi) is 5.27. The quantitative estimate of drug-likeness (QED) is 0.880. The van der Waals surface area contributed by atoms with E-state index in [0.717, 1.165) is 22.8 Å². The van der Waals surface area contributed by atoms with Crippen molar-refractivity contribution < 1.29 is 4.74 Å². The lowest BCUT2D eigenvalue weighted by atomic mass is 9.96. The zero-order chi connectivity index (χ0) is 15.4. The fraction of sp³-hybridized carbons (Fsp3) is 0.333. The lowest BCUT2D eigenvalue weighted by Crippen LogP contribution is -2.19. The molecule has 1 unspecified atom stereocenters. The molecule has 1 N–H and O–H groups in total. The van der Waals surface area contributed by atoms with Gasteiger partial charge < -0.3 is 10.1 Å². The molecule has 0 saturated heterocycles. The summed E-state index contributed by atoms with van der Waals surface area (Å²) in [6.45, 7) is 4.14. The van der Waals surface area contributed by atoms with E-state index < -0.39 is 0 Å². The number of nitrogens with one attached hydrogen (secondary N) is 1. The first-order valence-corrected chi connectivity index (χ1v) is 7.49. The summed E-state index contributed by atoms with van der Waals surface area (Å²) in [4.78, 5) is 0. The summed E-state index contributed by atoms with van der Waals surface area (Å²) in [5, 5.41) is 4.16. The van der Waals surface area contributed by atoms with Gasteiger partial charge in [-0.3, -0.25) is 0 Å². The van der Waals surface area contributed by atoms with Crippen LogP contribution in [0.15, 0.2) is 36.4 Å². The second kappa shape index (κ2) is 6.97. The minimum atomic E-state index is 0.161. The van der Waals surface area contributed by atoms with Crippen molar-refractivity contribution in [3.05, 3.63) is 63.7 Å². The molecule has 0 aliphatic rings. The fourth-order valence-electron chi connectivity index (χ4n) is 2.57. The van der Waals surface area contributed by atoms with Gasteiger partial charge >= 0.3 is 0 Å². The first kappa shape index (κ1) is 15.9. The van der Waals surface area contributed by atoms with E-state index in [-0.39, 0.29) is 6.04 Å². The average molecular weight is 304 g/mol. The molecular formula is C18H22ClNO. The molecule has 1 atom stereocenters. The van der Waals surface area contributed by atoms with Crippen molar-refractivity contribution in [2.75, 3.05) is 14.2 Å². The molecule has 2 aromatic rings. The van der Waals surface area contributed by atoms with E-state index in [1.54, 1.807) is 7.11 Å². The standard InChI is InChI=1S/C18H22ClNO/c1-12-6-8-18(21-4)14(9-12)11-17(20-3)15-7-5-13(2)10-16(15)19/h5-10,17,20H,11H2,1-4H3. The highest BCUT2D eigenvalue weighted by molar-refractivity contribution is 6.31. The molecule has 21 heavy (non-hydrogen) atoms. The maximum Gasteiger partial charge on any atom is 0.122 e. The summed E-state index contributed by atoms with van der Waals surface area (Å²) < 4.78 is 5.47. The molecule has 0 fully saturated rings. The van der Waals surface area contributed by atoms with Crippen molar-refractivity contribution in [3.63, 3.8) is 0 Å². The zero-order valence-electron chi connectivity index (χ0n) is 13.0. The minimum Gasteiger partial charge on any atom is -0.496 e. The molecule has 2 aromatic carbocycles. The van der Waals surface area contributed by atoms with E-state index >= 15 is 0 Å². The van der Waals surface area contributed by atoms with Gasteiger partial charge in [-0.15, -0.1) is 0 Å². The number of halogens is 1. The zero-order valence-corrected chi connectivity index (χ0v) is 13.8. The molecule has 0 radical (unpaired) electrons. The van der Waals surface area contributed by atoms with Crippen LogP contribution in [-0.4, -0.2) is 14.2 Å². The van der Waals surface area contributed by atoms with Gasteiger partial charge in [0.05, 0.1) is 7.11 Å². The van der Waals surface area contributed by atoms with Crippen LogP contribution in [-0.2, 0) is 6.42 Å². The largest absolute Gasteiger partial charge is 0.496 e. The Bertz CT molecular complexity index is 625. The molecule has 2 nitrogen and oxygen atoms in total. The molecule has 0 heterocycles. The second-order valence-electron chi connectivity index (χ2n) is 5.39. The Balaban J connectivity index is 2.33. The van der Waals surface area contributed by atoms with Crippen molar-refractivity contribution in [1.29, 1.82) is 0 Å². The number of rotatable bonds is 5. The molecule has 2 rings (SSSR count). The van der Waals surface area contributed by atoms with Crippen molar-refractivity contribution in [3.8, 4) is 5.75 Å². The monoisotopic (exact) mass is 303 g/mol. The van der Waals surface area contributed by atoms with Gasteiger partial charge in [-0.2, -0.15) is 0 Å². The lowest BCUT2D eigenvalue weighted by molar-refractivity contribution is 0.406. The molecule has 0 spiro atoms. The van der Waals surface area contributed by atoms with Crippen molar-refractivity contribution in [2.45, 2.75) is 26.3 Å². The van der Waals surface area contributed by atoms with E-state index in [9.17, 15) is 0 Å². The topological polar surface area (TPSA) is 21.3 Å². The van der Waals surface area contributed by atoms with Crippen molar-refractivity contribution >= 4 is 11.6 Å². The maximum absolute atomic E-state index is 6.40. The normalized spacial score (nSPS) is 12.2. The first-order chi connectivity index (χ1) is 10.0. The van der Waals surface area contributed by atoms with Crippen molar-refractivity contribution in [1.82, 2.24) is 5.32 Å². The van der Waals surface area contributed by atoms with Crippen LogP contribution in [0.1, 0.15) is 28.3 Å². The van der Waals surface area contributed by atoms with Crippen LogP contribution in [0.5, 0.6) is 5.75 Å². The van der Waals surface area contributed by atoms with Crippen LogP contribution in [0, 0.1) is 13.8 Å². The summed E-state index contributed by atoms with van der Waals surface area (Å²) in [5.41, 5.74) is 4.71. The smallest absolute Gasteiger partial charge is 0.122 e. The molecule has 0 aromatic heterocycles. The first-order valence-electron chi connectivity index (χ1n) is 7.12. The molecule has 0 aliphatic heterocycles.